The van der Waals surface area contributed by atoms with Crippen LogP contribution in [0.4, 0.5) is 23.2 Å². The summed E-state index contributed by atoms with van der Waals surface area (Å²) in [6.45, 7) is 0.173. The Morgan fingerprint density at radius 3 is 2.40 bits per heavy atom. The second-order valence-electron chi connectivity index (χ2n) is 4.15. The zero-order chi connectivity index (χ0) is 14.8. The lowest BCUT2D eigenvalue weighted by Gasteiger charge is -2.14. The van der Waals surface area contributed by atoms with Gasteiger partial charge in [-0.15, -0.1) is 0 Å². The SMILES string of the molecule is Fc1ccc(CNc2ccccc2C(F)(F)F)cc1Br. The van der Waals surface area contributed by atoms with Crippen LogP contribution in [0, 0.1) is 5.82 Å². The first-order valence-electron chi connectivity index (χ1n) is 5.72. The average molecular weight is 348 g/mol. The van der Waals surface area contributed by atoms with Crippen molar-refractivity contribution in [1.82, 2.24) is 0 Å². The van der Waals surface area contributed by atoms with Crippen LogP contribution in [0.5, 0.6) is 0 Å². The Morgan fingerprint density at radius 1 is 1.05 bits per heavy atom. The first-order chi connectivity index (χ1) is 9.38. The van der Waals surface area contributed by atoms with E-state index in [9.17, 15) is 17.6 Å². The van der Waals surface area contributed by atoms with Crippen molar-refractivity contribution in [3.05, 3.63) is 63.9 Å². The van der Waals surface area contributed by atoms with Crippen LogP contribution < -0.4 is 5.32 Å². The van der Waals surface area contributed by atoms with Crippen LogP contribution in [0.2, 0.25) is 0 Å². The summed E-state index contributed by atoms with van der Waals surface area (Å²) in [5.74, 6) is -0.413. The van der Waals surface area contributed by atoms with E-state index >= 15 is 0 Å². The maximum atomic E-state index is 13.1. The van der Waals surface area contributed by atoms with Gasteiger partial charge in [0.1, 0.15) is 5.82 Å². The number of halogens is 5. The summed E-state index contributed by atoms with van der Waals surface area (Å²) in [6, 6.07) is 9.55. The minimum Gasteiger partial charge on any atom is -0.380 e. The number of anilines is 1. The summed E-state index contributed by atoms with van der Waals surface area (Å²) in [6.07, 6.45) is -4.41. The van der Waals surface area contributed by atoms with E-state index in [4.69, 9.17) is 0 Å². The van der Waals surface area contributed by atoms with Crippen molar-refractivity contribution in [3.63, 3.8) is 0 Å². The van der Waals surface area contributed by atoms with Crippen LogP contribution in [-0.4, -0.2) is 0 Å². The lowest BCUT2D eigenvalue weighted by Crippen LogP contribution is -2.10. The highest BCUT2D eigenvalue weighted by Crippen LogP contribution is 2.34. The topological polar surface area (TPSA) is 12.0 Å². The van der Waals surface area contributed by atoms with Crippen molar-refractivity contribution in [2.75, 3.05) is 5.32 Å². The quantitative estimate of drug-likeness (QED) is 0.750. The van der Waals surface area contributed by atoms with E-state index in [1.165, 1.54) is 36.4 Å². The van der Waals surface area contributed by atoms with Gasteiger partial charge in [-0.05, 0) is 45.8 Å². The molecule has 0 saturated heterocycles. The van der Waals surface area contributed by atoms with E-state index in [0.717, 1.165) is 6.07 Å². The molecule has 0 fully saturated rings. The molecule has 0 aliphatic heterocycles. The summed E-state index contributed by atoms with van der Waals surface area (Å²) < 4.78 is 51.7. The molecule has 0 amide bonds. The number of nitrogens with one attached hydrogen (secondary N) is 1. The molecule has 0 aliphatic carbocycles. The molecule has 0 radical (unpaired) electrons. The molecule has 0 unspecified atom stereocenters. The molecule has 2 aromatic rings. The molecule has 1 nitrogen and oxygen atoms in total. The molecule has 20 heavy (non-hydrogen) atoms. The summed E-state index contributed by atoms with van der Waals surface area (Å²) in [7, 11) is 0. The van der Waals surface area contributed by atoms with Crippen molar-refractivity contribution in [2.45, 2.75) is 12.7 Å². The Balaban J connectivity index is 2.17. The van der Waals surface area contributed by atoms with E-state index in [0.29, 0.717) is 5.56 Å². The van der Waals surface area contributed by atoms with Gasteiger partial charge in [0.05, 0.1) is 10.0 Å². The van der Waals surface area contributed by atoms with Crippen LogP contribution in [0.3, 0.4) is 0 Å². The monoisotopic (exact) mass is 347 g/mol. The van der Waals surface area contributed by atoms with Gasteiger partial charge in [-0.2, -0.15) is 13.2 Å². The highest BCUT2D eigenvalue weighted by atomic mass is 79.9. The first-order valence-corrected chi connectivity index (χ1v) is 6.51. The highest BCUT2D eigenvalue weighted by molar-refractivity contribution is 9.10. The molecule has 0 atom stereocenters. The van der Waals surface area contributed by atoms with Crippen molar-refractivity contribution in [3.8, 4) is 0 Å². The summed E-state index contributed by atoms with van der Waals surface area (Å²) in [5.41, 5.74) is -0.0446. The van der Waals surface area contributed by atoms with Crippen molar-refractivity contribution >= 4 is 21.6 Å². The normalized spacial score (nSPS) is 11.4. The number of hydrogen-bond acceptors (Lipinski definition) is 1. The van der Waals surface area contributed by atoms with Gasteiger partial charge >= 0.3 is 6.18 Å². The first kappa shape index (κ1) is 14.8. The maximum absolute atomic E-state index is 13.1. The minimum atomic E-state index is -4.41. The molecule has 2 rings (SSSR count). The number of alkyl halides is 3. The number of benzene rings is 2. The van der Waals surface area contributed by atoms with Gasteiger partial charge in [-0.3, -0.25) is 0 Å². The number of para-hydroxylation sites is 1. The fraction of sp³-hybridized carbons (Fsp3) is 0.143. The molecule has 0 aliphatic rings. The molecular weight excluding hydrogens is 338 g/mol. The van der Waals surface area contributed by atoms with E-state index in [2.05, 4.69) is 21.2 Å². The molecule has 106 valence electrons. The van der Waals surface area contributed by atoms with Crippen molar-refractivity contribution in [2.24, 2.45) is 0 Å². The summed E-state index contributed by atoms with van der Waals surface area (Å²) >= 11 is 3.04. The second-order valence-corrected chi connectivity index (χ2v) is 5.00. The lowest BCUT2D eigenvalue weighted by molar-refractivity contribution is -0.136. The Bertz CT molecular complexity index is 610. The maximum Gasteiger partial charge on any atom is 0.418 e. The molecular formula is C14H10BrF4N. The summed E-state index contributed by atoms with van der Waals surface area (Å²) in [5, 5.41) is 2.72. The third-order valence-corrected chi connectivity index (χ3v) is 3.31. The van der Waals surface area contributed by atoms with Crippen LogP contribution in [-0.2, 0) is 12.7 Å². The molecule has 0 heterocycles. The van der Waals surface area contributed by atoms with Gasteiger partial charge in [0.25, 0.3) is 0 Å². The lowest BCUT2D eigenvalue weighted by atomic mass is 10.1. The fourth-order valence-electron chi connectivity index (χ4n) is 1.73. The Labute approximate surface area is 121 Å². The van der Waals surface area contributed by atoms with E-state index in [-0.39, 0.29) is 16.7 Å². The van der Waals surface area contributed by atoms with E-state index < -0.39 is 17.6 Å². The zero-order valence-corrected chi connectivity index (χ0v) is 11.7. The Kier molecular flexibility index (Phi) is 4.32. The van der Waals surface area contributed by atoms with Crippen LogP contribution in [0.1, 0.15) is 11.1 Å². The molecule has 0 bridgehead atoms. The highest BCUT2D eigenvalue weighted by Gasteiger charge is 2.32. The van der Waals surface area contributed by atoms with Crippen LogP contribution >= 0.6 is 15.9 Å². The fourth-order valence-corrected chi connectivity index (χ4v) is 2.16. The minimum absolute atomic E-state index is 0.000414. The predicted molar refractivity (Wildman–Crippen MR) is 72.9 cm³/mol. The van der Waals surface area contributed by atoms with E-state index in [1.807, 2.05) is 0 Å². The largest absolute Gasteiger partial charge is 0.418 e. The van der Waals surface area contributed by atoms with Gasteiger partial charge in [0, 0.05) is 12.2 Å². The third kappa shape index (κ3) is 3.50. The van der Waals surface area contributed by atoms with E-state index in [1.54, 1.807) is 0 Å². The average Bonchev–Trinajstić information content (AvgIpc) is 2.39. The number of hydrogen-bond donors (Lipinski definition) is 1. The van der Waals surface area contributed by atoms with Crippen LogP contribution in [0.25, 0.3) is 0 Å². The van der Waals surface area contributed by atoms with Crippen molar-refractivity contribution in [1.29, 1.82) is 0 Å². The number of rotatable bonds is 3. The van der Waals surface area contributed by atoms with Gasteiger partial charge in [-0.25, -0.2) is 4.39 Å². The van der Waals surface area contributed by atoms with Crippen molar-refractivity contribution < 1.29 is 17.6 Å². The zero-order valence-electron chi connectivity index (χ0n) is 10.1. The van der Waals surface area contributed by atoms with Gasteiger partial charge in [0.15, 0.2) is 0 Å². The Morgan fingerprint density at radius 2 is 1.75 bits per heavy atom. The predicted octanol–water partition coefficient (Wildman–Crippen LogP) is 5.22. The second kappa shape index (κ2) is 5.83. The third-order valence-electron chi connectivity index (χ3n) is 2.70. The smallest absolute Gasteiger partial charge is 0.380 e. The molecule has 0 saturated carbocycles. The van der Waals surface area contributed by atoms with Gasteiger partial charge < -0.3 is 5.32 Å². The summed E-state index contributed by atoms with van der Waals surface area (Å²) in [4.78, 5) is 0. The standard InChI is InChI=1S/C14H10BrF4N/c15-11-7-9(5-6-12(11)16)8-20-13-4-2-1-3-10(13)14(17,18)19/h1-7,20H,8H2. The van der Waals surface area contributed by atoms with Crippen LogP contribution in [0.15, 0.2) is 46.9 Å². The molecule has 2 aromatic carbocycles. The molecule has 0 spiro atoms. The molecule has 6 heteroatoms. The molecule has 1 N–H and O–H groups in total. The Hall–Kier alpha value is -1.56. The van der Waals surface area contributed by atoms with Gasteiger partial charge in [0.2, 0.25) is 0 Å². The van der Waals surface area contributed by atoms with Gasteiger partial charge in [-0.1, -0.05) is 18.2 Å². The molecule has 0 aromatic heterocycles.